The van der Waals surface area contributed by atoms with Crippen molar-refractivity contribution in [3.05, 3.63) is 23.9 Å². The molecular formula is C12H16N4. The summed E-state index contributed by atoms with van der Waals surface area (Å²) in [6, 6.07) is 4.05. The van der Waals surface area contributed by atoms with Crippen molar-refractivity contribution in [1.29, 1.82) is 0 Å². The third-order valence-corrected chi connectivity index (χ3v) is 3.43. The maximum atomic E-state index is 4.52. The second kappa shape index (κ2) is 3.20. The van der Waals surface area contributed by atoms with Gasteiger partial charge in [0, 0.05) is 11.7 Å². The minimum Gasteiger partial charge on any atom is -0.348 e. The Balaban J connectivity index is 1.96. The van der Waals surface area contributed by atoms with E-state index in [0.29, 0.717) is 0 Å². The number of anilines is 1. The van der Waals surface area contributed by atoms with E-state index in [0.717, 1.165) is 17.2 Å². The van der Waals surface area contributed by atoms with Crippen LogP contribution in [0.4, 0.5) is 5.95 Å². The van der Waals surface area contributed by atoms with E-state index < -0.39 is 0 Å². The third-order valence-electron chi connectivity index (χ3n) is 3.43. The minimum absolute atomic E-state index is 0.207. The molecule has 0 radical (unpaired) electrons. The smallest absolute Gasteiger partial charge is 0.243 e. The van der Waals surface area contributed by atoms with Gasteiger partial charge in [0.2, 0.25) is 5.95 Å². The molecule has 0 atom stereocenters. The summed E-state index contributed by atoms with van der Waals surface area (Å²) in [7, 11) is 0. The van der Waals surface area contributed by atoms with E-state index in [1.54, 1.807) is 0 Å². The number of nitrogens with zero attached hydrogens (tertiary/aromatic N) is 3. The fraction of sp³-hybridized carbons (Fsp3) is 0.500. The number of aryl methyl sites for hydroxylation is 1. The molecule has 84 valence electrons. The van der Waals surface area contributed by atoms with Gasteiger partial charge in [0.25, 0.3) is 0 Å². The van der Waals surface area contributed by atoms with Gasteiger partial charge in [0.1, 0.15) is 0 Å². The Bertz CT molecular complexity index is 525. The van der Waals surface area contributed by atoms with Crippen LogP contribution in [0.25, 0.3) is 5.65 Å². The first-order chi connectivity index (χ1) is 7.66. The molecule has 4 nitrogen and oxygen atoms in total. The summed E-state index contributed by atoms with van der Waals surface area (Å²) in [6.07, 6.45) is 5.66. The number of rotatable bonds is 2. The molecule has 0 bridgehead atoms. The van der Waals surface area contributed by atoms with Crippen LogP contribution in [0.1, 0.15) is 31.7 Å². The first-order valence-corrected chi connectivity index (χ1v) is 5.77. The van der Waals surface area contributed by atoms with Crippen molar-refractivity contribution in [1.82, 2.24) is 14.6 Å². The molecule has 2 aromatic rings. The predicted molar refractivity (Wildman–Crippen MR) is 63.6 cm³/mol. The Kier molecular flexibility index (Phi) is 1.93. The SMILES string of the molecule is Cc1cccn2nc(NC3(C)CCC3)nc12. The van der Waals surface area contributed by atoms with Gasteiger partial charge >= 0.3 is 0 Å². The van der Waals surface area contributed by atoms with Gasteiger partial charge in [-0.3, -0.25) is 0 Å². The first-order valence-electron chi connectivity index (χ1n) is 5.77. The normalized spacial score (nSPS) is 18.4. The monoisotopic (exact) mass is 216 g/mol. The molecule has 0 aromatic carbocycles. The Hall–Kier alpha value is -1.58. The zero-order valence-electron chi connectivity index (χ0n) is 9.70. The summed E-state index contributed by atoms with van der Waals surface area (Å²) in [4.78, 5) is 4.52. The molecular weight excluding hydrogens is 200 g/mol. The number of hydrogen-bond acceptors (Lipinski definition) is 3. The highest BCUT2D eigenvalue weighted by Gasteiger charge is 2.32. The van der Waals surface area contributed by atoms with Crippen LogP contribution in [0.15, 0.2) is 18.3 Å². The summed E-state index contributed by atoms with van der Waals surface area (Å²) in [5.74, 6) is 0.747. The largest absolute Gasteiger partial charge is 0.348 e. The average Bonchev–Trinajstić information content (AvgIpc) is 2.59. The number of nitrogens with one attached hydrogen (secondary N) is 1. The number of aromatic nitrogens is 3. The molecule has 0 amide bonds. The van der Waals surface area contributed by atoms with Gasteiger partial charge in [-0.15, -0.1) is 5.10 Å². The fourth-order valence-electron chi connectivity index (χ4n) is 2.19. The number of fused-ring (bicyclic) bond motifs is 1. The molecule has 3 rings (SSSR count). The lowest BCUT2D eigenvalue weighted by Crippen LogP contribution is -2.42. The van der Waals surface area contributed by atoms with E-state index >= 15 is 0 Å². The third kappa shape index (κ3) is 1.45. The topological polar surface area (TPSA) is 42.2 Å². The summed E-state index contributed by atoms with van der Waals surface area (Å²) in [5, 5.41) is 7.86. The second-order valence-corrected chi connectivity index (χ2v) is 4.93. The quantitative estimate of drug-likeness (QED) is 0.838. The van der Waals surface area contributed by atoms with Crippen LogP contribution in [-0.4, -0.2) is 20.1 Å². The van der Waals surface area contributed by atoms with Crippen LogP contribution < -0.4 is 5.32 Å². The lowest BCUT2D eigenvalue weighted by molar-refractivity contribution is 0.305. The molecule has 2 aromatic heterocycles. The first kappa shape index (κ1) is 9.63. The number of pyridine rings is 1. The van der Waals surface area contributed by atoms with Crippen LogP contribution in [-0.2, 0) is 0 Å². The molecule has 1 aliphatic rings. The van der Waals surface area contributed by atoms with Gasteiger partial charge in [-0.1, -0.05) is 6.07 Å². The average molecular weight is 216 g/mol. The lowest BCUT2D eigenvalue weighted by atomic mass is 9.79. The minimum atomic E-state index is 0.207. The molecule has 4 heteroatoms. The zero-order valence-corrected chi connectivity index (χ0v) is 9.70. The maximum Gasteiger partial charge on any atom is 0.243 e. The van der Waals surface area contributed by atoms with Gasteiger partial charge < -0.3 is 5.32 Å². The number of hydrogen-bond donors (Lipinski definition) is 1. The van der Waals surface area contributed by atoms with Crippen molar-refractivity contribution >= 4 is 11.6 Å². The van der Waals surface area contributed by atoms with Gasteiger partial charge in [0.15, 0.2) is 5.65 Å². The van der Waals surface area contributed by atoms with Crippen molar-refractivity contribution in [2.24, 2.45) is 0 Å². The standard InChI is InChI=1S/C12H16N4/c1-9-5-3-8-16-10(9)13-11(15-16)14-12(2)6-4-7-12/h3,5,8H,4,6-7H2,1-2H3,(H,14,15). The van der Waals surface area contributed by atoms with Crippen molar-refractivity contribution in [3.8, 4) is 0 Å². The van der Waals surface area contributed by atoms with E-state index in [2.05, 4.69) is 35.3 Å². The van der Waals surface area contributed by atoms with Crippen molar-refractivity contribution in [3.63, 3.8) is 0 Å². The summed E-state index contributed by atoms with van der Waals surface area (Å²) < 4.78 is 1.83. The molecule has 16 heavy (non-hydrogen) atoms. The molecule has 1 N–H and O–H groups in total. The van der Waals surface area contributed by atoms with E-state index in [9.17, 15) is 0 Å². The highest BCUT2D eigenvalue weighted by molar-refractivity contribution is 5.50. The van der Waals surface area contributed by atoms with Gasteiger partial charge in [-0.25, -0.2) is 4.52 Å². The van der Waals surface area contributed by atoms with E-state index in [1.165, 1.54) is 19.3 Å². The van der Waals surface area contributed by atoms with E-state index in [1.807, 2.05) is 16.8 Å². The fourth-order valence-corrected chi connectivity index (χ4v) is 2.19. The summed E-state index contributed by atoms with van der Waals surface area (Å²) in [5.41, 5.74) is 2.30. The van der Waals surface area contributed by atoms with Gasteiger partial charge in [-0.2, -0.15) is 4.98 Å². The van der Waals surface area contributed by atoms with Crippen molar-refractivity contribution in [2.75, 3.05) is 5.32 Å². The zero-order chi connectivity index (χ0) is 11.2. The Morgan fingerprint density at radius 3 is 2.88 bits per heavy atom. The van der Waals surface area contributed by atoms with E-state index in [4.69, 9.17) is 0 Å². The molecule has 0 aliphatic heterocycles. The Morgan fingerprint density at radius 1 is 1.44 bits per heavy atom. The molecule has 1 saturated carbocycles. The molecule has 0 unspecified atom stereocenters. The summed E-state index contributed by atoms with van der Waals surface area (Å²) in [6.45, 7) is 4.29. The van der Waals surface area contributed by atoms with E-state index in [-0.39, 0.29) is 5.54 Å². The molecule has 0 spiro atoms. The molecule has 1 fully saturated rings. The highest BCUT2D eigenvalue weighted by Crippen LogP contribution is 2.33. The lowest BCUT2D eigenvalue weighted by Gasteiger charge is -2.38. The van der Waals surface area contributed by atoms with Gasteiger partial charge in [0.05, 0.1) is 0 Å². The van der Waals surface area contributed by atoms with Crippen LogP contribution >= 0.6 is 0 Å². The Morgan fingerprint density at radius 2 is 2.25 bits per heavy atom. The van der Waals surface area contributed by atoms with Gasteiger partial charge in [-0.05, 0) is 44.7 Å². The van der Waals surface area contributed by atoms with Crippen LogP contribution in [0.3, 0.4) is 0 Å². The Labute approximate surface area is 94.7 Å². The summed E-state index contributed by atoms with van der Waals surface area (Å²) >= 11 is 0. The maximum absolute atomic E-state index is 4.52. The second-order valence-electron chi connectivity index (χ2n) is 4.93. The predicted octanol–water partition coefficient (Wildman–Crippen LogP) is 2.39. The van der Waals surface area contributed by atoms with Crippen LogP contribution in [0.5, 0.6) is 0 Å². The molecule has 1 aliphatic carbocycles. The van der Waals surface area contributed by atoms with Crippen molar-refractivity contribution < 1.29 is 0 Å². The van der Waals surface area contributed by atoms with Crippen LogP contribution in [0.2, 0.25) is 0 Å². The van der Waals surface area contributed by atoms with Crippen LogP contribution in [0, 0.1) is 6.92 Å². The molecule has 0 saturated heterocycles. The highest BCUT2D eigenvalue weighted by atomic mass is 15.4. The van der Waals surface area contributed by atoms with Crippen molar-refractivity contribution in [2.45, 2.75) is 38.6 Å². The molecule has 2 heterocycles.